The Hall–Kier alpha value is -5.53. The van der Waals surface area contributed by atoms with Crippen LogP contribution in [0.3, 0.4) is 0 Å². The van der Waals surface area contributed by atoms with Crippen molar-refractivity contribution < 1.29 is 18.7 Å². The highest BCUT2D eigenvalue weighted by atomic mass is 32.1. The molecule has 0 radical (unpaired) electrons. The van der Waals surface area contributed by atoms with Gasteiger partial charge in [-0.05, 0) is 88.5 Å². The van der Waals surface area contributed by atoms with E-state index in [9.17, 15) is 9.18 Å². The number of pyridine rings is 2. The molecular formula is C41H31FN2O3S. The van der Waals surface area contributed by atoms with Gasteiger partial charge >= 0.3 is 0 Å². The summed E-state index contributed by atoms with van der Waals surface area (Å²) in [7, 11) is 0. The molecule has 48 heavy (non-hydrogen) atoms. The Morgan fingerprint density at radius 3 is 1.94 bits per heavy atom. The van der Waals surface area contributed by atoms with Crippen LogP contribution in [0, 0.1) is 5.82 Å². The van der Waals surface area contributed by atoms with Crippen LogP contribution in [0.15, 0.2) is 133 Å². The van der Waals surface area contributed by atoms with E-state index < -0.39 is 5.92 Å². The number of carbonyl (C=O) groups excluding carboxylic acids is 1. The minimum Gasteiger partial charge on any atom is -0.487 e. The van der Waals surface area contributed by atoms with Crippen molar-refractivity contribution in [3.05, 3.63) is 156 Å². The third-order valence-corrected chi connectivity index (χ3v) is 8.77. The maximum Gasteiger partial charge on any atom is 0.193 e. The monoisotopic (exact) mass is 650 g/mol. The highest BCUT2D eigenvalue weighted by Gasteiger charge is 2.20. The van der Waals surface area contributed by atoms with Crippen molar-refractivity contribution in [3.8, 4) is 33.8 Å². The van der Waals surface area contributed by atoms with E-state index in [4.69, 9.17) is 14.5 Å². The molecule has 1 atom stereocenters. The predicted octanol–water partition coefficient (Wildman–Crippen LogP) is 9.97. The van der Waals surface area contributed by atoms with Crippen molar-refractivity contribution in [1.29, 1.82) is 0 Å². The number of rotatable bonds is 10. The highest BCUT2D eigenvalue weighted by Crippen LogP contribution is 2.40. The molecule has 0 aliphatic carbocycles. The van der Waals surface area contributed by atoms with Crippen LogP contribution in [-0.2, 0) is 18.0 Å². The molecule has 5 nitrogen and oxygen atoms in total. The number of para-hydroxylation sites is 1. The number of benzene rings is 5. The van der Waals surface area contributed by atoms with Crippen LogP contribution in [-0.4, -0.2) is 15.1 Å². The van der Waals surface area contributed by atoms with Crippen LogP contribution in [0.4, 0.5) is 4.39 Å². The zero-order valence-corrected chi connectivity index (χ0v) is 27.0. The van der Waals surface area contributed by atoms with Gasteiger partial charge in [-0.3, -0.25) is 4.79 Å². The van der Waals surface area contributed by atoms with Gasteiger partial charge in [0.2, 0.25) is 0 Å². The first-order valence-electron chi connectivity index (χ1n) is 15.6. The van der Waals surface area contributed by atoms with Gasteiger partial charge in [-0.15, -0.1) is 12.6 Å². The number of fused-ring (bicyclic) bond motifs is 2. The number of aromatic nitrogens is 2. The molecule has 2 aromatic heterocycles. The second kappa shape index (κ2) is 13.7. The summed E-state index contributed by atoms with van der Waals surface area (Å²) in [4.78, 5) is 21.7. The van der Waals surface area contributed by atoms with Crippen molar-refractivity contribution in [2.45, 2.75) is 26.1 Å². The summed E-state index contributed by atoms with van der Waals surface area (Å²) < 4.78 is 25.7. The van der Waals surface area contributed by atoms with Gasteiger partial charge in [0.15, 0.2) is 5.12 Å². The Morgan fingerprint density at radius 1 is 0.667 bits per heavy atom. The number of ether oxygens (including phenoxy) is 2. The first-order chi connectivity index (χ1) is 23.4. The van der Waals surface area contributed by atoms with Crippen molar-refractivity contribution in [1.82, 2.24) is 9.97 Å². The highest BCUT2D eigenvalue weighted by molar-refractivity contribution is 7.96. The van der Waals surface area contributed by atoms with Crippen molar-refractivity contribution in [3.63, 3.8) is 0 Å². The van der Waals surface area contributed by atoms with E-state index in [2.05, 4.69) is 29.7 Å². The maximum atomic E-state index is 13.5. The molecule has 0 aliphatic heterocycles. The molecule has 7 heteroatoms. The van der Waals surface area contributed by atoms with Crippen LogP contribution in [0.1, 0.15) is 29.8 Å². The van der Waals surface area contributed by atoms with Gasteiger partial charge in [0.1, 0.15) is 30.5 Å². The number of nitrogens with zero attached hydrogens (tertiary/aromatic N) is 2. The van der Waals surface area contributed by atoms with E-state index >= 15 is 0 Å². The molecule has 7 rings (SSSR count). The molecule has 1 unspecified atom stereocenters. The fraction of sp³-hybridized carbons (Fsp3) is 0.0976. The number of carbonyl (C=O) groups is 1. The van der Waals surface area contributed by atoms with Crippen molar-refractivity contribution >= 4 is 39.5 Å². The Kier molecular flexibility index (Phi) is 8.86. The molecule has 0 saturated carbocycles. The molecule has 0 bridgehead atoms. The van der Waals surface area contributed by atoms with Crippen LogP contribution in [0.25, 0.3) is 44.1 Å². The van der Waals surface area contributed by atoms with Gasteiger partial charge in [-0.1, -0.05) is 79.7 Å². The van der Waals surface area contributed by atoms with Gasteiger partial charge in [0.25, 0.3) is 0 Å². The molecular weight excluding hydrogens is 620 g/mol. The second-order valence-electron chi connectivity index (χ2n) is 11.6. The van der Waals surface area contributed by atoms with Crippen LogP contribution in [0.2, 0.25) is 0 Å². The lowest BCUT2D eigenvalue weighted by atomic mass is 9.86. The number of halogens is 1. The van der Waals surface area contributed by atoms with Gasteiger partial charge in [-0.2, -0.15) is 0 Å². The first-order valence-corrected chi connectivity index (χ1v) is 16.1. The van der Waals surface area contributed by atoms with E-state index in [0.717, 1.165) is 61.2 Å². The maximum absolute atomic E-state index is 13.5. The molecule has 0 fully saturated rings. The smallest absolute Gasteiger partial charge is 0.193 e. The summed E-state index contributed by atoms with van der Waals surface area (Å²) >= 11 is 4.17. The Bertz CT molecular complexity index is 2260. The zero-order valence-electron chi connectivity index (χ0n) is 26.1. The quantitative estimate of drug-likeness (QED) is 0.149. The van der Waals surface area contributed by atoms with E-state index in [1.807, 2.05) is 110 Å². The Balaban J connectivity index is 1.12. The largest absolute Gasteiger partial charge is 0.487 e. The molecule has 0 spiro atoms. The summed E-state index contributed by atoms with van der Waals surface area (Å²) in [5, 5.41) is 1.63. The molecule has 236 valence electrons. The summed E-state index contributed by atoms with van der Waals surface area (Å²) in [6, 6.07) is 42.1. The lowest BCUT2D eigenvalue weighted by Crippen LogP contribution is -2.05. The minimum absolute atomic E-state index is 0.204. The first kappa shape index (κ1) is 31.1. The van der Waals surface area contributed by atoms with Crippen LogP contribution in [0.5, 0.6) is 11.5 Å². The van der Waals surface area contributed by atoms with E-state index in [0.29, 0.717) is 17.9 Å². The fourth-order valence-electron chi connectivity index (χ4n) is 5.80. The minimum atomic E-state index is -0.413. The molecule has 2 heterocycles. The predicted molar refractivity (Wildman–Crippen MR) is 192 cm³/mol. The third-order valence-electron chi connectivity index (χ3n) is 8.38. The van der Waals surface area contributed by atoms with E-state index in [1.165, 1.54) is 12.1 Å². The molecule has 7 aromatic rings. The molecule has 0 saturated heterocycles. The second-order valence-corrected chi connectivity index (χ2v) is 12.0. The molecule has 0 amide bonds. The molecule has 0 N–H and O–H groups in total. The molecule has 5 aromatic carbocycles. The number of hydrogen-bond donors (Lipinski definition) is 1. The average molecular weight is 651 g/mol. The Labute approximate surface area is 283 Å². The standard InChI is InChI=1S/C41H31FN2O3S/c1-26(41(45)48)36-6-4-7-37(27-11-18-34(19-12-27)46-24-32-16-9-28-5-2-3-8-38(28)43-32)40(36)29-13-20-35(21-14-29)47-25-33-17-10-30-23-31(42)15-22-39(30)44-33/h2-23,26H,24-25H2,1H3,(H,45,48). The average Bonchev–Trinajstić information content (AvgIpc) is 3.12. The topological polar surface area (TPSA) is 61.3 Å². The van der Waals surface area contributed by atoms with Crippen LogP contribution >= 0.6 is 12.6 Å². The van der Waals surface area contributed by atoms with E-state index in [1.54, 1.807) is 6.07 Å². The number of hydrogen-bond acceptors (Lipinski definition) is 5. The van der Waals surface area contributed by atoms with Gasteiger partial charge in [0.05, 0.1) is 28.3 Å². The van der Waals surface area contributed by atoms with Gasteiger partial charge in [-0.25, -0.2) is 14.4 Å². The normalized spacial score (nSPS) is 11.8. The zero-order chi connectivity index (χ0) is 33.0. The Morgan fingerprint density at radius 2 is 1.27 bits per heavy atom. The third kappa shape index (κ3) is 6.77. The lowest BCUT2D eigenvalue weighted by Gasteiger charge is -2.19. The van der Waals surface area contributed by atoms with Gasteiger partial charge in [0, 0.05) is 10.8 Å². The van der Waals surface area contributed by atoms with Gasteiger partial charge < -0.3 is 9.47 Å². The summed E-state index contributed by atoms with van der Waals surface area (Å²) in [5.41, 5.74) is 8.03. The summed E-state index contributed by atoms with van der Waals surface area (Å²) in [5.74, 6) is 0.714. The fourth-order valence-corrected chi connectivity index (χ4v) is 5.94. The van der Waals surface area contributed by atoms with Crippen LogP contribution < -0.4 is 9.47 Å². The lowest BCUT2D eigenvalue weighted by molar-refractivity contribution is -0.111. The van der Waals surface area contributed by atoms with E-state index in [-0.39, 0.29) is 17.5 Å². The van der Waals surface area contributed by atoms with Crippen molar-refractivity contribution in [2.75, 3.05) is 0 Å². The number of thiol groups is 1. The molecule has 0 aliphatic rings. The summed E-state index contributed by atoms with van der Waals surface area (Å²) in [6.07, 6.45) is 0. The van der Waals surface area contributed by atoms with Crippen molar-refractivity contribution in [2.24, 2.45) is 0 Å². The summed E-state index contributed by atoms with van der Waals surface area (Å²) in [6.45, 7) is 2.50. The SMILES string of the molecule is CC(C(=O)S)c1cccc(-c2ccc(OCc3ccc4ccccc4n3)cc2)c1-c1ccc(OCc2ccc3cc(F)ccc3n2)cc1.